The molecule has 0 fully saturated rings. The summed E-state index contributed by atoms with van der Waals surface area (Å²) in [6, 6.07) is 8.30. The van der Waals surface area contributed by atoms with Crippen LogP contribution in [0.25, 0.3) is 10.9 Å². The fourth-order valence-corrected chi connectivity index (χ4v) is 3.51. The van der Waals surface area contributed by atoms with E-state index < -0.39 is 4.92 Å². The van der Waals surface area contributed by atoms with E-state index in [0.29, 0.717) is 16.9 Å². The zero-order valence-electron chi connectivity index (χ0n) is 11.4. The van der Waals surface area contributed by atoms with E-state index in [-0.39, 0.29) is 20.8 Å². The van der Waals surface area contributed by atoms with Crippen molar-refractivity contribution in [2.24, 2.45) is 0 Å². The molecule has 0 spiro atoms. The molecule has 0 atom stereocenters. The van der Waals surface area contributed by atoms with Gasteiger partial charge in [-0.1, -0.05) is 17.7 Å². The predicted octanol–water partition coefficient (Wildman–Crippen LogP) is 3.84. The Hall–Kier alpha value is -2.38. The van der Waals surface area contributed by atoms with Crippen molar-refractivity contribution >= 4 is 51.1 Å². The van der Waals surface area contributed by atoms with Gasteiger partial charge in [0.15, 0.2) is 4.34 Å². The van der Waals surface area contributed by atoms with Crippen LogP contribution in [0.15, 0.2) is 30.3 Å². The van der Waals surface area contributed by atoms with Crippen LogP contribution >= 0.6 is 22.9 Å². The molecule has 0 radical (unpaired) electrons. The normalized spacial score (nSPS) is 11.0. The molecule has 2 aromatic heterocycles. The highest BCUT2D eigenvalue weighted by molar-refractivity contribution is 7.18. The minimum atomic E-state index is -0.603. The summed E-state index contributed by atoms with van der Waals surface area (Å²) >= 11 is 6.72. The smallest absolute Gasteiger partial charge is 0.299 e. The fraction of sp³-hybridized carbons (Fsp3) is 0.0714. The highest BCUT2D eigenvalue weighted by atomic mass is 35.5. The maximum Gasteiger partial charge on any atom is 0.299 e. The Kier molecular flexibility index (Phi) is 3.38. The number of nitrogen functional groups attached to an aromatic ring is 1. The van der Waals surface area contributed by atoms with Crippen molar-refractivity contribution in [3.63, 3.8) is 0 Å². The number of aromatic nitrogens is 1. The molecule has 2 heterocycles. The van der Waals surface area contributed by atoms with Crippen molar-refractivity contribution in [3.8, 4) is 0 Å². The molecular formula is C14H10ClN3O3S. The largest absolute Gasteiger partial charge is 0.398 e. The number of fused-ring (bicyclic) bond motifs is 1. The van der Waals surface area contributed by atoms with Gasteiger partial charge in [-0.15, -0.1) is 11.3 Å². The third-order valence-electron chi connectivity index (χ3n) is 3.34. The van der Waals surface area contributed by atoms with Gasteiger partial charge in [-0.2, -0.15) is 0 Å². The van der Waals surface area contributed by atoms with Gasteiger partial charge in [0, 0.05) is 22.8 Å². The molecule has 0 amide bonds. The number of halogens is 1. The number of aryl methyl sites for hydroxylation is 1. The van der Waals surface area contributed by atoms with E-state index in [1.165, 1.54) is 10.6 Å². The Labute approximate surface area is 133 Å². The average Bonchev–Trinajstić information content (AvgIpc) is 2.99. The highest BCUT2D eigenvalue weighted by Gasteiger charge is 2.24. The number of hydrogen-bond donors (Lipinski definition) is 1. The molecule has 1 aromatic carbocycles. The van der Waals surface area contributed by atoms with Gasteiger partial charge in [0.05, 0.1) is 10.4 Å². The lowest BCUT2D eigenvalue weighted by Gasteiger charge is -2.05. The summed E-state index contributed by atoms with van der Waals surface area (Å²) in [7, 11) is 0. The molecule has 112 valence electrons. The second-order valence-corrected chi connectivity index (χ2v) is 6.39. The van der Waals surface area contributed by atoms with Gasteiger partial charge in [-0.3, -0.25) is 19.5 Å². The standard InChI is InChI=1S/C14H10ClN3O3S/c1-7-5-8-9(16)3-2-4-10(8)17(7)14(19)12-6-11(18(20)21)13(15)22-12/h2-6H,16H2,1H3. The molecule has 2 N–H and O–H groups in total. The summed E-state index contributed by atoms with van der Waals surface area (Å²) in [5.41, 5.74) is 7.58. The number of benzene rings is 1. The summed E-state index contributed by atoms with van der Waals surface area (Å²) < 4.78 is 1.47. The van der Waals surface area contributed by atoms with E-state index in [1.807, 2.05) is 6.07 Å². The van der Waals surface area contributed by atoms with E-state index in [1.54, 1.807) is 25.1 Å². The first-order valence-corrected chi connectivity index (χ1v) is 7.44. The second kappa shape index (κ2) is 5.11. The van der Waals surface area contributed by atoms with Gasteiger partial charge < -0.3 is 5.73 Å². The predicted molar refractivity (Wildman–Crippen MR) is 86.8 cm³/mol. The Morgan fingerprint density at radius 3 is 2.77 bits per heavy atom. The van der Waals surface area contributed by atoms with Crippen molar-refractivity contribution < 1.29 is 9.72 Å². The number of carbonyl (C=O) groups excluding carboxylic acids is 1. The van der Waals surface area contributed by atoms with E-state index in [4.69, 9.17) is 17.3 Å². The Bertz CT molecular complexity index is 929. The second-order valence-electron chi connectivity index (χ2n) is 4.73. The van der Waals surface area contributed by atoms with Crippen molar-refractivity contribution in [3.05, 3.63) is 55.4 Å². The highest BCUT2D eigenvalue weighted by Crippen LogP contribution is 2.35. The number of nitrogens with zero attached hydrogens (tertiary/aromatic N) is 2. The number of anilines is 1. The number of carbonyl (C=O) groups is 1. The van der Waals surface area contributed by atoms with Crippen LogP contribution in [0.5, 0.6) is 0 Å². The van der Waals surface area contributed by atoms with Gasteiger partial charge in [0.1, 0.15) is 4.88 Å². The quantitative estimate of drug-likeness (QED) is 0.437. The molecule has 3 aromatic rings. The summed E-state index contributed by atoms with van der Waals surface area (Å²) in [5.74, 6) is -0.363. The van der Waals surface area contributed by atoms with Gasteiger partial charge >= 0.3 is 0 Å². The molecule has 0 aliphatic rings. The van der Waals surface area contributed by atoms with Crippen molar-refractivity contribution in [2.75, 3.05) is 5.73 Å². The van der Waals surface area contributed by atoms with Gasteiger partial charge in [0.2, 0.25) is 0 Å². The molecule has 0 aliphatic heterocycles. The SMILES string of the molecule is Cc1cc2c(N)cccc2n1C(=O)c1cc([N+](=O)[O-])c(Cl)s1. The van der Waals surface area contributed by atoms with Crippen LogP contribution in [0.4, 0.5) is 11.4 Å². The summed E-state index contributed by atoms with van der Waals surface area (Å²) in [6.07, 6.45) is 0. The van der Waals surface area contributed by atoms with Gasteiger partial charge in [-0.05, 0) is 25.1 Å². The molecule has 6 nitrogen and oxygen atoms in total. The average molecular weight is 336 g/mol. The maximum atomic E-state index is 12.7. The van der Waals surface area contributed by atoms with E-state index >= 15 is 0 Å². The Balaban J connectivity index is 2.17. The third kappa shape index (κ3) is 2.15. The maximum absolute atomic E-state index is 12.7. The molecular weight excluding hydrogens is 326 g/mol. The first-order valence-electron chi connectivity index (χ1n) is 6.25. The fourth-order valence-electron chi connectivity index (χ4n) is 2.35. The van der Waals surface area contributed by atoms with Gasteiger partial charge in [0.25, 0.3) is 11.6 Å². The van der Waals surface area contributed by atoms with Crippen molar-refractivity contribution in [1.29, 1.82) is 0 Å². The molecule has 0 saturated heterocycles. The van der Waals surface area contributed by atoms with Crippen LogP contribution in [0.1, 0.15) is 15.4 Å². The molecule has 0 unspecified atom stereocenters. The number of nitro groups is 1. The zero-order valence-corrected chi connectivity index (χ0v) is 12.9. The Morgan fingerprint density at radius 1 is 1.41 bits per heavy atom. The summed E-state index contributed by atoms with van der Waals surface area (Å²) in [5, 5.41) is 11.6. The van der Waals surface area contributed by atoms with E-state index in [9.17, 15) is 14.9 Å². The first-order chi connectivity index (χ1) is 10.4. The number of rotatable bonds is 2. The summed E-state index contributed by atoms with van der Waals surface area (Å²) in [6.45, 7) is 1.78. The van der Waals surface area contributed by atoms with E-state index in [0.717, 1.165) is 16.7 Å². The molecule has 22 heavy (non-hydrogen) atoms. The third-order valence-corrected chi connectivity index (χ3v) is 4.67. The lowest BCUT2D eigenvalue weighted by atomic mass is 10.2. The van der Waals surface area contributed by atoms with Crippen LogP contribution < -0.4 is 5.73 Å². The Morgan fingerprint density at radius 2 is 2.14 bits per heavy atom. The lowest BCUT2D eigenvalue weighted by Crippen LogP contribution is -2.11. The molecule has 3 rings (SSSR count). The van der Waals surface area contributed by atoms with Crippen molar-refractivity contribution in [1.82, 2.24) is 4.57 Å². The van der Waals surface area contributed by atoms with Crippen LogP contribution in [-0.2, 0) is 0 Å². The molecule has 0 aliphatic carbocycles. The van der Waals surface area contributed by atoms with Gasteiger partial charge in [-0.25, -0.2) is 0 Å². The first kappa shape index (κ1) is 14.6. The monoisotopic (exact) mass is 335 g/mol. The van der Waals surface area contributed by atoms with Crippen LogP contribution in [0, 0.1) is 17.0 Å². The van der Waals surface area contributed by atoms with Crippen LogP contribution in [-0.4, -0.2) is 15.4 Å². The molecule has 0 saturated carbocycles. The number of thiophene rings is 1. The minimum Gasteiger partial charge on any atom is -0.398 e. The van der Waals surface area contributed by atoms with E-state index in [2.05, 4.69) is 0 Å². The van der Waals surface area contributed by atoms with Crippen molar-refractivity contribution in [2.45, 2.75) is 6.92 Å². The van der Waals surface area contributed by atoms with Crippen LogP contribution in [0.3, 0.4) is 0 Å². The lowest BCUT2D eigenvalue weighted by molar-refractivity contribution is -0.384. The van der Waals surface area contributed by atoms with Crippen LogP contribution in [0.2, 0.25) is 4.34 Å². The molecule has 0 bridgehead atoms. The number of nitrogens with two attached hydrogens (primary N) is 1. The minimum absolute atomic E-state index is 0.0121. The zero-order chi connectivity index (χ0) is 16.0. The summed E-state index contributed by atoms with van der Waals surface area (Å²) in [4.78, 5) is 23.2. The number of hydrogen-bond acceptors (Lipinski definition) is 5. The topological polar surface area (TPSA) is 91.2 Å². The molecule has 8 heteroatoms.